The number of halogens is 1. The normalized spacial score (nSPS) is 14.8. The van der Waals surface area contributed by atoms with Crippen molar-refractivity contribution in [2.45, 2.75) is 17.2 Å². The smallest absolute Gasteiger partial charge is 0.289 e. The summed E-state index contributed by atoms with van der Waals surface area (Å²) in [5.74, 6) is -2.39. The predicted octanol–water partition coefficient (Wildman–Crippen LogP) is 2.24. The molecular formula is C25H24FN3O6S. The molecule has 2 aromatic carbocycles. The average Bonchev–Trinajstić information content (AvgIpc) is 3.42. The summed E-state index contributed by atoms with van der Waals surface area (Å²) >= 11 is 0. The third-order valence-electron chi connectivity index (χ3n) is 5.86. The molecule has 0 bridgehead atoms. The molecule has 2 heterocycles. The zero-order valence-corrected chi connectivity index (χ0v) is 20.2. The fourth-order valence-electron chi connectivity index (χ4n) is 3.79. The van der Waals surface area contributed by atoms with Gasteiger partial charge >= 0.3 is 0 Å². The van der Waals surface area contributed by atoms with Crippen LogP contribution in [0.25, 0.3) is 0 Å². The fraction of sp³-hybridized carbons (Fsp3) is 0.240. The minimum Gasteiger partial charge on any atom is -0.459 e. The number of piperazine rings is 1. The van der Waals surface area contributed by atoms with Crippen molar-refractivity contribution < 1.29 is 31.6 Å². The van der Waals surface area contributed by atoms with Gasteiger partial charge in [0.05, 0.1) is 11.2 Å². The summed E-state index contributed by atoms with van der Waals surface area (Å²) < 4.78 is 45.4. The molecule has 1 N–H and O–H groups in total. The Morgan fingerprint density at radius 3 is 2.11 bits per heavy atom. The molecule has 188 valence electrons. The van der Waals surface area contributed by atoms with Gasteiger partial charge in [-0.25, -0.2) is 12.8 Å². The van der Waals surface area contributed by atoms with Crippen LogP contribution in [0.5, 0.6) is 0 Å². The van der Waals surface area contributed by atoms with Crippen molar-refractivity contribution in [2.75, 3.05) is 26.2 Å². The van der Waals surface area contributed by atoms with Crippen LogP contribution < -0.4 is 5.32 Å². The monoisotopic (exact) mass is 513 g/mol. The van der Waals surface area contributed by atoms with Gasteiger partial charge in [-0.15, -0.1) is 0 Å². The number of nitrogens with one attached hydrogen (secondary N) is 1. The number of carbonyl (C=O) groups is 3. The number of carbonyl (C=O) groups excluding carboxylic acids is 3. The second-order valence-electron chi connectivity index (χ2n) is 8.31. The summed E-state index contributed by atoms with van der Waals surface area (Å²) in [5.41, 5.74) is 0.826. The van der Waals surface area contributed by atoms with E-state index in [1.807, 2.05) is 0 Å². The second kappa shape index (κ2) is 10.3. The van der Waals surface area contributed by atoms with Crippen LogP contribution in [-0.4, -0.2) is 67.5 Å². The summed E-state index contributed by atoms with van der Waals surface area (Å²) in [6.45, 7) is 2.25. The van der Waals surface area contributed by atoms with Crippen LogP contribution in [0.2, 0.25) is 0 Å². The largest absolute Gasteiger partial charge is 0.459 e. The highest BCUT2D eigenvalue weighted by Crippen LogP contribution is 2.19. The fourth-order valence-corrected chi connectivity index (χ4v) is 5.26. The van der Waals surface area contributed by atoms with Crippen LogP contribution in [-0.2, 0) is 14.6 Å². The molecule has 4 rings (SSSR count). The van der Waals surface area contributed by atoms with Gasteiger partial charge in [0.15, 0.2) is 5.76 Å². The number of hydrogen-bond acceptors (Lipinski definition) is 6. The topological polar surface area (TPSA) is 117 Å². The van der Waals surface area contributed by atoms with Crippen LogP contribution in [0, 0.1) is 12.7 Å². The van der Waals surface area contributed by atoms with Gasteiger partial charge < -0.3 is 19.5 Å². The van der Waals surface area contributed by atoms with Crippen molar-refractivity contribution in [1.29, 1.82) is 0 Å². The van der Waals surface area contributed by atoms with Crippen molar-refractivity contribution in [3.8, 4) is 0 Å². The van der Waals surface area contributed by atoms with Gasteiger partial charge in [0.1, 0.15) is 5.82 Å². The number of rotatable bonds is 6. The maximum Gasteiger partial charge on any atom is 0.289 e. The first-order valence-corrected chi connectivity index (χ1v) is 12.7. The summed E-state index contributed by atoms with van der Waals surface area (Å²) in [7, 11) is -4.34. The summed E-state index contributed by atoms with van der Waals surface area (Å²) in [5, 5.41) is 0.412. The Balaban J connectivity index is 1.56. The van der Waals surface area contributed by atoms with E-state index in [2.05, 4.69) is 5.32 Å². The van der Waals surface area contributed by atoms with Gasteiger partial charge in [0.25, 0.3) is 17.7 Å². The predicted molar refractivity (Wildman–Crippen MR) is 127 cm³/mol. The third kappa shape index (κ3) is 5.30. The van der Waals surface area contributed by atoms with Crippen molar-refractivity contribution in [2.24, 2.45) is 0 Å². The number of aryl methyl sites for hydroxylation is 1. The molecular weight excluding hydrogens is 489 g/mol. The molecule has 1 saturated heterocycles. The summed E-state index contributed by atoms with van der Waals surface area (Å²) in [6, 6.07) is 13.6. The Morgan fingerprint density at radius 2 is 1.53 bits per heavy atom. The number of hydrogen-bond donors (Lipinski definition) is 1. The van der Waals surface area contributed by atoms with E-state index in [1.165, 1.54) is 46.4 Å². The molecule has 0 radical (unpaired) electrons. The first-order valence-electron chi connectivity index (χ1n) is 11.2. The van der Waals surface area contributed by atoms with Crippen LogP contribution in [0.1, 0.15) is 26.5 Å². The van der Waals surface area contributed by atoms with Crippen LogP contribution in [0.4, 0.5) is 4.39 Å². The SMILES string of the molecule is Cc1ccc(S(=O)(=O)C(NC(=O)c2ccc(F)cc2)C(=O)N2CCN(C(=O)c3ccco3)CC2)cc1. The zero-order chi connectivity index (χ0) is 25.9. The molecule has 3 aromatic rings. The van der Waals surface area contributed by atoms with E-state index in [-0.39, 0.29) is 48.3 Å². The molecule has 9 nitrogen and oxygen atoms in total. The Labute approximate surface area is 207 Å². The Hall–Kier alpha value is -3.99. The standard InChI is InChI=1S/C25H24FN3O6S/c1-17-4-10-20(11-5-17)36(33,34)23(27-22(30)18-6-8-19(26)9-7-18)25(32)29-14-12-28(13-15-29)24(31)21-3-2-16-35-21/h2-11,16,23H,12-15H2,1H3,(H,27,30). The molecule has 0 spiro atoms. The number of benzene rings is 2. The molecule has 3 amide bonds. The lowest BCUT2D eigenvalue weighted by molar-refractivity contribution is -0.132. The lowest BCUT2D eigenvalue weighted by Gasteiger charge is -2.36. The maximum absolute atomic E-state index is 13.5. The molecule has 11 heteroatoms. The average molecular weight is 514 g/mol. The quantitative estimate of drug-likeness (QED) is 0.540. The molecule has 0 saturated carbocycles. The van der Waals surface area contributed by atoms with E-state index < -0.39 is 32.8 Å². The van der Waals surface area contributed by atoms with E-state index in [4.69, 9.17) is 4.42 Å². The van der Waals surface area contributed by atoms with Gasteiger partial charge in [0.2, 0.25) is 15.2 Å². The molecule has 1 aromatic heterocycles. The highest BCUT2D eigenvalue weighted by molar-refractivity contribution is 7.92. The number of amides is 3. The molecule has 1 unspecified atom stereocenters. The van der Waals surface area contributed by atoms with E-state index >= 15 is 0 Å². The van der Waals surface area contributed by atoms with E-state index in [0.29, 0.717) is 0 Å². The Bertz CT molecular complexity index is 1350. The maximum atomic E-state index is 13.5. The van der Waals surface area contributed by atoms with Crippen molar-refractivity contribution >= 4 is 27.6 Å². The third-order valence-corrected chi connectivity index (χ3v) is 7.73. The Morgan fingerprint density at radius 1 is 0.917 bits per heavy atom. The van der Waals surface area contributed by atoms with E-state index in [0.717, 1.165) is 17.7 Å². The summed E-state index contributed by atoms with van der Waals surface area (Å²) in [6.07, 6.45) is 1.39. The molecule has 1 aliphatic heterocycles. The minimum atomic E-state index is -4.34. The molecule has 0 aliphatic carbocycles. The van der Waals surface area contributed by atoms with Crippen molar-refractivity contribution in [1.82, 2.24) is 15.1 Å². The first-order chi connectivity index (χ1) is 17.2. The van der Waals surface area contributed by atoms with Crippen LogP contribution in [0.3, 0.4) is 0 Å². The minimum absolute atomic E-state index is 0.00201. The van der Waals surface area contributed by atoms with Gasteiger partial charge in [-0.3, -0.25) is 14.4 Å². The molecule has 1 aliphatic rings. The Kier molecular flexibility index (Phi) is 7.20. The molecule has 1 fully saturated rings. The molecule has 1 atom stereocenters. The van der Waals surface area contributed by atoms with Gasteiger partial charge in [0, 0.05) is 31.7 Å². The van der Waals surface area contributed by atoms with Gasteiger partial charge in [-0.1, -0.05) is 17.7 Å². The van der Waals surface area contributed by atoms with Crippen LogP contribution in [0.15, 0.2) is 76.2 Å². The number of nitrogens with zero attached hydrogens (tertiary/aromatic N) is 2. The van der Waals surface area contributed by atoms with Crippen molar-refractivity contribution in [3.63, 3.8) is 0 Å². The summed E-state index contributed by atoms with van der Waals surface area (Å²) in [4.78, 5) is 41.5. The highest BCUT2D eigenvalue weighted by atomic mass is 32.2. The van der Waals surface area contributed by atoms with Crippen LogP contribution >= 0.6 is 0 Å². The highest BCUT2D eigenvalue weighted by Gasteiger charge is 2.39. The first kappa shape index (κ1) is 25.1. The van der Waals surface area contributed by atoms with Gasteiger partial charge in [-0.05, 0) is 55.5 Å². The van der Waals surface area contributed by atoms with E-state index in [9.17, 15) is 27.2 Å². The van der Waals surface area contributed by atoms with E-state index in [1.54, 1.807) is 25.1 Å². The van der Waals surface area contributed by atoms with Gasteiger partial charge in [-0.2, -0.15) is 0 Å². The lowest BCUT2D eigenvalue weighted by atomic mass is 10.2. The zero-order valence-electron chi connectivity index (χ0n) is 19.4. The van der Waals surface area contributed by atoms with Crippen molar-refractivity contribution in [3.05, 3.63) is 89.6 Å². The molecule has 36 heavy (non-hydrogen) atoms. The lowest BCUT2D eigenvalue weighted by Crippen LogP contribution is -2.57. The second-order valence-corrected chi connectivity index (χ2v) is 10.3. The number of sulfone groups is 1. The number of furan rings is 1.